The van der Waals surface area contributed by atoms with E-state index in [1.807, 2.05) is 43.7 Å². The summed E-state index contributed by atoms with van der Waals surface area (Å²) in [6.45, 7) is 4.13. The highest BCUT2D eigenvalue weighted by Crippen LogP contribution is 2.16. The van der Waals surface area contributed by atoms with Gasteiger partial charge in [-0.1, -0.05) is 35.9 Å². The molecule has 1 unspecified atom stereocenters. The molecule has 2 N–H and O–H groups in total. The zero-order valence-corrected chi connectivity index (χ0v) is 17.4. The number of hydrogen-bond acceptors (Lipinski definition) is 3. The third-order valence-corrected chi connectivity index (χ3v) is 4.56. The fourth-order valence-electron chi connectivity index (χ4n) is 2.86. The molecule has 0 saturated heterocycles. The molecule has 0 aliphatic heterocycles. The Bertz CT molecular complexity index is 909. The van der Waals surface area contributed by atoms with Crippen molar-refractivity contribution in [3.8, 4) is 5.75 Å². The molecule has 0 amide bonds. The van der Waals surface area contributed by atoms with Gasteiger partial charge in [0, 0.05) is 37.6 Å². The van der Waals surface area contributed by atoms with Crippen molar-refractivity contribution in [2.24, 2.45) is 4.99 Å². The summed E-state index contributed by atoms with van der Waals surface area (Å²) >= 11 is 5.90. The summed E-state index contributed by atoms with van der Waals surface area (Å²) in [4.78, 5) is 8.37. The van der Waals surface area contributed by atoms with Crippen molar-refractivity contribution in [2.75, 3.05) is 13.6 Å². The van der Waals surface area contributed by atoms with Crippen LogP contribution in [0.3, 0.4) is 0 Å². The summed E-state index contributed by atoms with van der Waals surface area (Å²) in [6, 6.07) is 15.8. The second kappa shape index (κ2) is 10.5. The first kappa shape index (κ1) is 20.7. The third kappa shape index (κ3) is 6.84. The van der Waals surface area contributed by atoms with Gasteiger partial charge in [0.05, 0.1) is 12.9 Å². The number of guanidine groups is 1. The van der Waals surface area contributed by atoms with Gasteiger partial charge in [0.2, 0.25) is 0 Å². The quantitative estimate of drug-likeness (QED) is 0.438. The van der Waals surface area contributed by atoms with Crippen LogP contribution in [0.5, 0.6) is 5.75 Å². The van der Waals surface area contributed by atoms with Gasteiger partial charge in [0.1, 0.15) is 11.9 Å². The van der Waals surface area contributed by atoms with Crippen LogP contribution in [0, 0.1) is 0 Å². The number of aliphatic imine (C=N–C) groups is 1. The van der Waals surface area contributed by atoms with E-state index in [9.17, 15) is 0 Å². The van der Waals surface area contributed by atoms with Crippen molar-refractivity contribution in [3.05, 3.63) is 83.4 Å². The average molecular weight is 412 g/mol. The molecule has 1 aromatic heterocycles. The van der Waals surface area contributed by atoms with Crippen molar-refractivity contribution in [3.63, 3.8) is 0 Å². The Hall–Kier alpha value is -2.99. The Morgan fingerprint density at radius 3 is 2.69 bits per heavy atom. The highest BCUT2D eigenvalue weighted by atomic mass is 35.5. The minimum Gasteiger partial charge on any atom is -0.489 e. The minimum atomic E-state index is -0.0202. The van der Waals surface area contributed by atoms with E-state index < -0.39 is 0 Å². The molecule has 0 spiro atoms. The fourth-order valence-corrected chi connectivity index (χ4v) is 2.99. The summed E-state index contributed by atoms with van der Waals surface area (Å²) in [7, 11) is 1.76. The van der Waals surface area contributed by atoms with Crippen LogP contribution in [0.25, 0.3) is 0 Å². The largest absolute Gasteiger partial charge is 0.489 e. The van der Waals surface area contributed by atoms with Gasteiger partial charge in [-0.25, -0.2) is 4.98 Å². The smallest absolute Gasteiger partial charge is 0.191 e. The van der Waals surface area contributed by atoms with Crippen LogP contribution in [0.2, 0.25) is 5.02 Å². The molecule has 0 radical (unpaired) electrons. The SMILES string of the molecule is CN=C(NCc1cccc(Cn2ccnc2)c1)NCC(C)Oc1ccc(Cl)cc1. The Morgan fingerprint density at radius 2 is 1.97 bits per heavy atom. The monoisotopic (exact) mass is 411 g/mol. The molecular weight excluding hydrogens is 386 g/mol. The molecule has 3 rings (SSSR count). The summed E-state index contributed by atoms with van der Waals surface area (Å²) in [5.74, 6) is 1.53. The number of nitrogens with zero attached hydrogens (tertiary/aromatic N) is 3. The van der Waals surface area contributed by atoms with Crippen molar-refractivity contribution >= 4 is 17.6 Å². The molecule has 7 heteroatoms. The molecule has 0 aliphatic rings. The number of benzene rings is 2. The van der Waals surface area contributed by atoms with Crippen molar-refractivity contribution < 1.29 is 4.74 Å². The molecule has 0 saturated carbocycles. The maximum atomic E-state index is 5.90. The van der Waals surface area contributed by atoms with Crippen LogP contribution in [0.1, 0.15) is 18.1 Å². The molecule has 3 aromatic rings. The standard InChI is InChI=1S/C22H26ClN5O/c1-17(29-21-8-6-20(23)7-9-21)13-26-22(24-2)27-14-18-4-3-5-19(12-18)15-28-11-10-25-16-28/h3-12,16-17H,13-15H2,1-2H3,(H2,24,26,27). The molecule has 29 heavy (non-hydrogen) atoms. The number of ether oxygens (including phenoxy) is 1. The van der Waals surface area contributed by atoms with Gasteiger partial charge < -0.3 is 19.9 Å². The number of rotatable bonds is 8. The Morgan fingerprint density at radius 1 is 1.17 bits per heavy atom. The van der Waals surface area contributed by atoms with Gasteiger partial charge in [-0.3, -0.25) is 4.99 Å². The zero-order chi connectivity index (χ0) is 20.5. The van der Waals surface area contributed by atoms with E-state index in [1.165, 1.54) is 11.1 Å². The Balaban J connectivity index is 1.46. The van der Waals surface area contributed by atoms with E-state index in [1.54, 1.807) is 13.2 Å². The summed E-state index contributed by atoms with van der Waals surface area (Å²) in [5.41, 5.74) is 2.42. The lowest BCUT2D eigenvalue weighted by molar-refractivity contribution is 0.224. The average Bonchev–Trinajstić information content (AvgIpc) is 3.23. The molecule has 1 heterocycles. The summed E-state index contributed by atoms with van der Waals surface area (Å²) in [6.07, 6.45) is 5.56. The number of nitrogens with one attached hydrogen (secondary N) is 2. The van der Waals surface area contributed by atoms with E-state index in [0.717, 1.165) is 18.3 Å². The Kier molecular flexibility index (Phi) is 7.53. The first-order valence-electron chi connectivity index (χ1n) is 9.52. The first-order chi connectivity index (χ1) is 14.1. The number of halogens is 1. The van der Waals surface area contributed by atoms with E-state index in [2.05, 4.69) is 49.4 Å². The molecule has 152 valence electrons. The second-order valence-corrected chi connectivity index (χ2v) is 7.18. The minimum absolute atomic E-state index is 0.0202. The highest BCUT2D eigenvalue weighted by molar-refractivity contribution is 6.30. The van der Waals surface area contributed by atoms with Crippen molar-refractivity contribution in [2.45, 2.75) is 26.1 Å². The lowest BCUT2D eigenvalue weighted by atomic mass is 10.1. The maximum absolute atomic E-state index is 5.90. The van der Waals surface area contributed by atoms with Crippen LogP contribution in [-0.2, 0) is 13.1 Å². The predicted octanol–water partition coefficient (Wildman–Crippen LogP) is 3.72. The highest BCUT2D eigenvalue weighted by Gasteiger charge is 2.06. The van der Waals surface area contributed by atoms with Crippen molar-refractivity contribution in [1.29, 1.82) is 0 Å². The Labute approximate surface area is 176 Å². The molecule has 0 bridgehead atoms. The molecule has 0 fully saturated rings. The van der Waals surface area contributed by atoms with Crippen LogP contribution in [0.4, 0.5) is 0 Å². The van der Waals surface area contributed by atoms with Crippen LogP contribution in [-0.4, -0.2) is 35.2 Å². The molecular formula is C22H26ClN5O. The van der Waals surface area contributed by atoms with Crippen LogP contribution in [0.15, 0.2) is 72.2 Å². The molecule has 2 aromatic carbocycles. The van der Waals surface area contributed by atoms with E-state index in [0.29, 0.717) is 18.1 Å². The van der Waals surface area contributed by atoms with Gasteiger partial charge >= 0.3 is 0 Å². The van der Waals surface area contributed by atoms with Crippen molar-refractivity contribution in [1.82, 2.24) is 20.2 Å². The molecule has 0 aliphatic carbocycles. The van der Waals surface area contributed by atoms with Gasteiger partial charge in [-0.15, -0.1) is 0 Å². The number of imidazole rings is 1. The summed E-state index contributed by atoms with van der Waals surface area (Å²) < 4.78 is 7.93. The predicted molar refractivity (Wildman–Crippen MR) is 118 cm³/mol. The lowest BCUT2D eigenvalue weighted by Crippen LogP contribution is -2.41. The fraction of sp³-hybridized carbons (Fsp3) is 0.273. The van der Waals surface area contributed by atoms with Gasteiger partial charge in [-0.05, 0) is 42.3 Å². The maximum Gasteiger partial charge on any atom is 0.191 e. The van der Waals surface area contributed by atoms with E-state index in [-0.39, 0.29) is 6.10 Å². The topological polar surface area (TPSA) is 63.5 Å². The normalized spacial score (nSPS) is 12.4. The molecule has 6 nitrogen and oxygen atoms in total. The third-order valence-electron chi connectivity index (χ3n) is 4.31. The van der Waals surface area contributed by atoms with Gasteiger partial charge in [0.25, 0.3) is 0 Å². The van der Waals surface area contributed by atoms with Crippen LogP contribution >= 0.6 is 11.6 Å². The number of hydrogen-bond donors (Lipinski definition) is 2. The van der Waals surface area contributed by atoms with Gasteiger partial charge in [0.15, 0.2) is 5.96 Å². The van der Waals surface area contributed by atoms with Crippen LogP contribution < -0.4 is 15.4 Å². The second-order valence-electron chi connectivity index (χ2n) is 6.74. The van der Waals surface area contributed by atoms with E-state index in [4.69, 9.17) is 16.3 Å². The van der Waals surface area contributed by atoms with Gasteiger partial charge in [-0.2, -0.15) is 0 Å². The zero-order valence-electron chi connectivity index (χ0n) is 16.7. The summed E-state index contributed by atoms with van der Waals surface area (Å²) in [5, 5.41) is 7.34. The first-order valence-corrected chi connectivity index (χ1v) is 9.90. The van der Waals surface area contributed by atoms with E-state index >= 15 is 0 Å². The number of aromatic nitrogens is 2. The lowest BCUT2D eigenvalue weighted by Gasteiger charge is -2.18. The molecule has 1 atom stereocenters.